The van der Waals surface area contributed by atoms with Crippen molar-refractivity contribution in [2.24, 2.45) is 0 Å². The second-order valence-electron chi connectivity index (χ2n) is 16.8. The Balaban J connectivity index is 1.01. The smallest absolute Gasteiger partial charge is 0.143 e. The number of hydrogen-bond donors (Lipinski definition) is 0. The van der Waals surface area contributed by atoms with Crippen LogP contribution in [0.25, 0.3) is 104 Å². The number of furan rings is 1. The van der Waals surface area contributed by atoms with Crippen molar-refractivity contribution >= 4 is 82.4 Å². The third kappa shape index (κ3) is 6.05. The zero-order valence-electron chi connectivity index (χ0n) is 35.4. The van der Waals surface area contributed by atoms with Gasteiger partial charge in [0.15, 0.2) is 0 Å². The second-order valence-corrected chi connectivity index (χ2v) is 16.8. The first-order valence-corrected chi connectivity index (χ1v) is 22.2. The molecule has 0 unspecified atom stereocenters. The fraction of sp³-hybridized carbons (Fsp3) is 0. The summed E-state index contributed by atoms with van der Waals surface area (Å²) in [5.41, 5.74) is 15.3. The van der Waals surface area contributed by atoms with Crippen LogP contribution in [0.4, 0.5) is 17.1 Å². The first-order chi connectivity index (χ1) is 32.2. The van der Waals surface area contributed by atoms with E-state index in [-0.39, 0.29) is 0 Å². The molecular weight excluding hydrogens is 789 g/mol. The molecule has 0 atom stereocenters. The Hall–Kier alpha value is -8.66. The maximum atomic E-state index is 6.66. The summed E-state index contributed by atoms with van der Waals surface area (Å²) in [4.78, 5) is 2.40. The molecule has 2 aromatic heterocycles. The third-order valence-corrected chi connectivity index (χ3v) is 13.2. The minimum Gasteiger partial charge on any atom is -0.455 e. The van der Waals surface area contributed by atoms with Crippen LogP contribution in [0.5, 0.6) is 0 Å². The van der Waals surface area contributed by atoms with E-state index in [2.05, 4.69) is 246 Å². The van der Waals surface area contributed by atoms with E-state index in [1.165, 1.54) is 54.5 Å². The SMILES string of the molecule is c1ccc(-c2ccc(-c3ccc(N(c4ccc5c(ccc6ccccc65)c4)c4ccccc4-c4cccc5c4oc4ccccc45)cc3)c(-n3c4ccccc4c4ccccc43)c2)cc1. The fourth-order valence-electron chi connectivity index (χ4n) is 10.2. The average molecular weight is 829 g/mol. The lowest BCUT2D eigenvalue weighted by Gasteiger charge is -2.28. The molecule has 65 heavy (non-hydrogen) atoms. The predicted octanol–water partition coefficient (Wildman–Crippen LogP) is 17.5. The molecule has 0 aliphatic rings. The van der Waals surface area contributed by atoms with E-state index in [4.69, 9.17) is 4.42 Å². The molecular formula is C62H40N2O. The summed E-state index contributed by atoms with van der Waals surface area (Å²) in [5.74, 6) is 0. The van der Waals surface area contributed by atoms with Crippen molar-refractivity contribution in [3.05, 3.63) is 243 Å². The molecule has 3 nitrogen and oxygen atoms in total. The van der Waals surface area contributed by atoms with E-state index in [1.54, 1.807) is 0 Å². The van der Waals surface area contributed by atoms with Crippen LogP contribution < -0.4 is 4.90 Å². The van der Waals surface area contributed by atoms with Crippen LogP contribution >= 0.6 is 0 Å². The van der Waals surface area contributed by atoms with E-state index in [0.717, 1.165) is 66.9 Å². The number of aromatic nitrogens is 1. The largest absolute Gasteiger partial charge is 0.455 e. The van der Waals surface area contributed by atoms with Crippen molar-refractivity contribution in [3.63, 3.8) is 0 Å². The lowest BCUT2D eigenvalue weighted by atomic mass is 9.96. The molecule has 0 bridgehead atoms. The number of anilines is 3. The standard InChI is InChI=1S/C62H40N2O/c1-2-15-41(16-3-1)44-33-37-50(60(40-44)64-58-26-11-6-19-51(58)52-20-7-12-27-59(52)64)43-31-34-46(35-32-43)63(47-36-38-49-45(39-47)30-29-42-17-4-5-18-48(42)49)57-25-10-8-21-53(57)55-23-14-24-56-54-22-9-13-28-61(54)65-62(55)56/h1-40H. The first kappa shape index (κ1) is 36.9. The van der Waals surface area contributed by atoms with Gasteiger partial charge in [-0.1, -0.05) is 188 Å². The van der Waals surface area contributed by atoms with Crippen LogP contribution in [0.15, 0.2) is 247 Å². The summed E-state index contributed by atoms with van der Waals surface area (Å²) < 4.78 is 9.10. The summed E-state index contributed by atoms with van der Waals surface area (Å²) in [6.07, 6.45) is 0. The molecule has 0 fully saturated rings. The van der Waals surface area contributed by atoms with Gasteiger partial charge < -0.3 is 13.9 Å². The lowest BCUT2D eigenvalue weighted by molar-refractivity contribution is 0.670. The molecule has 304 valence electrons. The van der Waals surface area contributed by atoms with Crippen LogP contribution in [-0.2, 0) is 0 Å². The van der Waals surface area contributed by atoms with Crippen LogP contribution in [-0.4, -0.2) is 4.57 Å². The molecule has 0 N–H and O–H groups in total. The Morgan fingerprint density at radius 3 is 1.74 bits per heavy atom. The number of benzene rings is 11. The van der Waals surface area contributed by atoms with Gasteiger partial charge in [-0.25, -0.2) is 0 Å². The first-order valence-electron chi connectivity index (χ1n) is 22.2. The van der Waals surface area contributed by atoms with E-state index in [0.29, 0.717) is 0 Å². The molecule has 3 heteroatoms. The highest BCUT2D eigenvalue weighted by molar-refractivity contribution is 6.13. The molecule has 13 rings (SSSR count). The van der Waals surface area contributed by atoms with Crippen LogP contribution in [0, 0.1) is 0 Å². The second kappa shape index (κ2) is 15.0. The molecule has 0 aliphatic heterocycles. The summed E-state index contributed by atoms with van der Waals surface area (Å²) in [5, 5.41) is 9.62. The molecule has 0 saturated heterocycles. The van der Waals surface area contributed by atoms with Crippen LogP contribution in [0.1, 0.15) is 0 Å². The van der Waals surface area contributed by atoms with Gasteiger partial charge in [0.05, 0.1) is 22.4 Å². The predicted molar refractivity (Wildman–Crippen MR) is 274 cm³/mol. The Morgan fingerprint density at radius 2 is 0.923 bits per heavy atom. The fourth-order valence-corrected chi connectivity index (χ4v) is 10.2. The van der Waals surface area contributed by atoms with E-state index < -0.39 is 0 Å². The minimum absolute atomic E-state index is 0.887. The molecule has 2 heterocycles. The minimum atomic E-state index is 0.887. The van der Waals surface area contributed by atoms with Crippen molar-refractivity contribution in [3.8, 4) is 39.1 Å². The highest BCUT2D eigenvalue weighted by atomic mass is 16.3. The molecule has 0 spiro atoms. The van der Waals surface area contributed by atoms with Gasteiger partial charge in [0.2, 0.25) is 0 Å². The van der Waals surface area contributed by atoms with Gasteiger partial charge >= 0.3 is 0 Å². The van der Waals surface area contributed by atoms with E-state index in [9.17, 15) is 0 Å². The Kier molecular flexibility index (Phi) is 8.53. The Morgan fingerprint density at radius 1 is 0.323 bits per heavy atom. The van der Waals surface area contributed by atoms with Crippen molar-refractivity contribution in [1.82, 2.24) is 4.57 Å². The van der Waals surface area contributed by atoms with Gasteiger partial charge in [-0.2, -0.15) is 0 Å². The summed E-state index contributed by atoms with van der Waals surface area (Å²) in [7, 11) is 0. The molecule has 0 radical (unpaired) electrons. The summed E-state index contributed by atoms with van der Waals surface area (Å²) in [6, 6.07) is 87.8. The van der Waals surface area contributed by atoms with Crippen LogP contribution in [0.2, 0.25) is 0 Å². The van der Waals surface area contributed by atoms with Crippen molar-refractivity contribution < 1.29 is 4.42 Å². The zero-order chi connectivity index (χ0) is 42.8. The third-order valence-electron chi connectivity index (χ3n) is 13.2. The normalized spacial score (nSPS) is 11.7. The number of fused-ring (bicyclic) bond motifs is 9. The highest BCUT2D eigenvalue weighted by Gasteiger charge is 2.22. The monoisotopic (exact) mass is 828 g/mol. The van der Waals surface area contributed by atoms with E-state index in [1.807, 2.05) is 6.07 Å². The molecule has 11 aromatic carbocycles. The van der Waals surface area contributed by atoms with Gasteiger partial charge in [0.1, 0.15) is 11.2 Å². The van der Waals surface area contributed by atoms with Gasteiger partial charge in [0, 0.05) is 49.6 Å². The highest BCUT2D eigenvalue weighted by Crippen LogP contribution is 2.46. The molecule has 0 amide bonds. The maximum Gasteiger partial charge on any atom is 0.143 e. The number of rotatable bonds is 7. The van der Waals surface area contributed by atoms with Gasteiger partial charge in [-0.3, -0.25) is 0 Å². The number of para-hydroxylation sites is 5. The average Bonchev–Trinajstić information content (AvgIpc) is 3.93. The van der Waals surface area contributed by atoms with E-state index >= 15 is 0 Å². The van der Waals surface area contributed by atoms with Crippen molar-refractivity contribution in [2.45, 2.75) is 0 Å². The summed E-state index contributed by atoms with van der Waals surface area (Å²) >= 11 is 0. The maximum absolute atomic E-state index is 6.66. The Bertz CT molecular complexity index is 3900. The summed E-state index contributed by atoms with van der Waals surface area (Å²) in [6.45, 7) is 0. The van der Waals surface area contributed by atoms with Crippen molar-refractivity contribution in [1.29, 1.82) is 0 Å². The molecule has 0 saturated carbocycles. The van der Waals surface area contributed by atoms with Gasteiger partial charge in [-0.05, 0) is 92.8 Å². The number of hydrogen-bond acceptors (Lipinski definition) is 2. The Labute approximate surface area is 376 Å². The van der Waals surface area contributed by atoms with Crippen LogP contribution in [0.3, 0.4) is 0 Å². The molecule has 0 aliphatic carbocycles. The van der Waals surface area contributed by atoms with Gasteiger partial charge in [-0.15, -0.1) is 0 Å². The quantitative estimate of drug-likeness (QED) is 0.149. The van der Waals surface area contributed by atoms with Gasteiger partial charge in [0.25, 0.3) is 0 Å². The topological polar surface area (TPSA) is 21.3 Å². The van der Waals surface area contributed by atoms with Crippen molar-refractivity contribution in [2.75, 3.05) is 4.90 Å². The zero-order valence-corrected chi connectivity index (χ0v) is 35.4. The molecule has 13 aromatic rings. The lowest BCUT2D eigenvalue weighted by Crippen LogP contribution is -2.11. The number of nitrogens with zero attached hydrogens (tertiary/aromatic N) is 2.